The van der Waals surface area contributed by atoms with Crippen LogP contribution in [0.4, 0.5) is 0 Å². The standard InChI is InChI=1S/C17H21BrN2O/c1-20(11-15-4-2-3-5-16(15)18)12-17(21)14-8-6-13(10-19)7-9-14/h2-9,17,21H,10-12,19H2,1H3. The topological polar surface area (TPSA) is 49.5 Å². The highest BCUT2D eigenvalue weighted by Gasteiger charge is 2.12. The second-order valence-electron chi connectivity index (χ2n) is 5.25. The lowest BCUT2D eigenvalue weighted by Crippen LogP contribution is -2.24. The van der Waals surface area contributed by atoms with Gasteiger partial charge in [0.05, 0.1) is 6.10 Å². The molecule has 2 aromatic carbocycles. The summed E-state index contributed by atoms with van der Waals surface area (Å²) in [4.78, 5) is 2.11. The van der Waals surface area contributed by atoms with Crippen LogP contribution in [0.2, 0.25) is 0 Å². The normalized spacial score (nSPS) is 12.6. The number of rotatable bonds is 6. The first-order valence-corrected chi connectivity index (χ1v) is 7.78. The second kappa shape index (κ2) is 7.71. The lowest BCUT2D eigenvalue weighted by molar-refractivity contribution is 0.123. The molecule has 3 nitrogen and oxygen atoms in total. The van der Waals surface area contributed by atoms with Gasteiger partial charge in [-0.1, -0.05) is 58.4 Å². The number of hydrogen-bond donors (Lipinski definition) is 2. The van der Waals surface area contributed by atoms with E-state index in [0.717, 1.165) is 22.1 Å². The summed E-state index contributed by atoms with van der Waals surface area (Å²) in [6.07, 6.45) is -0.496. The van der Waals surface area contributed by atoms with Crippen molar-refractivity contribution in [3.8, 4) is 0 Å². The van der Waals surface area contributed by atoms with E-state index in [0.29, 0.717) is 13.1 Å². The van der Waals surface area contributed by atoms with Gasteiger partial charge in [0.2, 0.25) is 0 Å². The van der Waals surface area contributed by atoms with Crippen molar-refractivity contribution in [1.82, 2.24) is 4.90 Å². The maximum atomic E-state index is 10.3. The van der Waals surface area contributed by atoms with E-state index in [9.17, 15) is 5.11 Å². The molecule has 0 radical (unpaired) electrons. The second-order valence-corrected chi connectivity index (χ2v) is 6.10. The van der Waals surface area contributed by atoms with Crippen LogP contribution in [-0.2, 0) is 13.1 Å². The van der Waals surface area contributed by atoms with Crippen molar-refractivity contribution in [2.45, 2.75) is 19.2 Å². The summed E-state index contributed by atoms with van der Waals surface area (Å²) in [6, 6.07) is 16.0. The molecule has 0 aliphatic heterocycles. The van der Waals surface area contributed by atoms with Gasteiger partial charge in [-0.3, -0.25) is 4.90 Å². The summed E-state index contributed by atoms with van der Waals surface area (Å²) in [6.45, 7) is 1.90. The third kappa shape index (κ3) is 4.64. The summed E-state index contributed by atoms with van der Waals surface area (Å²) in [5, 5.41) is 10.3. The molecule has 0 heterocycles. The molecule has 21 heavy (non-hydrogen) atoms. The number of aliphatic hydroxyl groups is 1. The van der Waals surface area contributed by atoms with Crippen LogP contribution < -0.4 is 5.73 Å². The van der Waals surface area contributed by atoms with Gasteiger partial charge in [-0.05, 0) is 29.8 Å². The van der Waals surface area contributed by atoms with E-state index < -0.39 is 6.10 Å². The molecule has 0 aromatic heterocycles. The fraction of sp³-hybridized carbons (Fsp3) is 0.294. The van der Waals surface area contributed by atoms with Crippen LogP contribution in [0.3, 0.4) is 0 Å². The van der Waals surface area contributed by atoms with Gasteiger partial charge >= 0.3 is 0 Å². The molecule has 0 saturated heterocycles. The molecule has 0 bridgehead atoms. The first-order chi connectivity index (χ1) is 10.1. The molecule has 1 unspecified atom stereocenters. The molecule has 0 aliphatic carbocycles. The highest BCUT2D eigenvalue weighted by molar-refractivity contribution is 9.10. The predicted octanol–water partition coefficient (Wildman–Crippen LogP) is 3.07. The lowest BCUT2D eigenvalue weighted by Gasteiger charge is -2.21. The Bertz CT molecular complexity index is 571. The highest BCUT2D eigenvalue weighted by atomic mass is 79.9. The zero-order valence-electron chi connectivity index (χ0n) is 12.2. The number of hydrogen-bond acceptors (Lipinski definition) is 3. The molecule has 0 spiro atoms. The molecular weight excluding hydrogens is 328 g/mol. The molecule has 112 valence electrons. The van der Waals surface area contributed by atoms with Gasteiger partial charge in [0.15, 0.2) is 0 Å². The minimum absolute atomic E-state index is 0.496. The Morgan fingerprint density at radius 2 is 1.81 bits per heavy atom. The number of likely N-dealkylation sites (N-methyl/N-ethyl adjacent to an activating group) is 1. The van der Waals surface area contributed by atoms with Crippen LogP contribution in [0.5, 0.6) is 0 Å². The smallest absolute Gasteiger partial charge is 0.0916 e. The number of nitrogens with two attached hydrogens (primary N) is 1. The number of aliphatic hydroxyl groups excluding tert-OH is 1. The average molecular weight is 349 g/mol. The van der Waals surface area contributed by atoms with Gasteiger partial charge in [-0.2, -0.15) is 0 Å². The van der Waals surface area contributed by atoms with Crippen LogP contribution in [0.1, 0.15) is 22.8 Å². The zero-order valence-corrected chi connectivity index (χ0v) is 13.8. The summed E-state index contributed by atoms with van der Waals surface area (Å²) in [7, 11) is 2.01. The minimum Gasteiger partial charge on any atom is -0.387 e. The number of nitrogens with zero attached hydrogens (tertiary/aromatic N) is 1. The van der Waals surface area contributed by atoms with Gasteiger partial charge in [0, 0.05) is 24.1 Å². The van der Waals surface area contributed by atoms with Crippen LogP contribution in [-0.4, -0.2) is 23.6 Å². The largest absolute Gasteiger partial charge is 0.387 e. The Labute approximate surface area is 134 Å². The third-order valence-corrected chi connectivity index (χ3v) is 4.26. The third-order valence-electron chi connectivity index (χ3n) is 3.48. The minimum atomic E-state index is -0.496. The molecule has 0 amide bonds. The molecule has 2 aromatic rings. The van der Waals surface area contributed by atoms with Crippen molar-refractivity contribution in [3.63, 3.8) is 0 Å². The molecule has 1 atom stereocenters. The molecule has 2 rings (SSSR count). The summed E-state index contributed by atoms with van der Waals surface area (Å²) in [5.74, 6) is 0. The highest BCUT2D eigenvalue weighted by Crippen LogP contribution is 2.19. The molecule has 0 saturated carbocycles. The van der Waals surface area contributed by atoms with E-state index >= 15 is 0 Å². The first kappa shape index (κ1) is 16.2. The van der Waals surface area contributed by atoms with Gasteiger partial charge in [-0.25, -0.2) is 0 Å². The van der Waals surface area contributed by atoms with E-state index in [1.165, 1.54) is 5.56 Å². The number of benzene rings is 2. The van der Waals surface area contributed by atoms with Gasteiger partial charge in [-0.15, -0.1) is 0 Å². The molecule has 4 heteroatoms. The average Bonchev–Trinajstić information content (AvgIpc) is 2.49. The summed E-state index contributed by atoms with van der Waals surface area (Å²) < 4.78 is 1.10. The van der Waals surface area contributed by atoms with Gasteiger partial charge in [0.25, 0.3) is 0 Å². The summed E-state index contributed by atoms with van der Waals surface area (Å²) >= 11 is 3.55. The fourth-order valence-corrected chi connectivity index (χ4v) is 2.67. The molecule has 0 aliphatic rings. The van der Waals surface area contributed by atoms with Crippen molar-refractivity contribution >= 4 is 15.9 Å². The quantitative estimate of drug-likeness (QED) is 0.843. The Kier molecular flexibility index (Phi) is 5.94. The van der Waals surface area contributed by atoms with E-state index in [1.54, 1.807) is 0 Å². The lowest BCUT2D eigenvalue weighted by atomic mass is 10.1. The van der Waals surface area contributed by atoms with Crippen molar-refractivity contribution in [3.05, 3.63) is 69.7 Å². The van der Waals surface area contributed by atoms with E-state index in [4.69, 9.17) is 5.73 Å². The van der Waals surface area contributed by atoms with Gasteiger partial charge in [0.1, 0.15) is 0 Å². The van der Waals surface area contributed by atoms with E-state index in [2.05, 4.69) is 26.9 Å². The van der Waals surface area contributed by atoms with Crippen LogP contribution in [0.25, 0.3) is 0 Å². The maximum Gasteiger partial charge on any atom is 0.0916 e. The van der Waals surface area contributed by atoms with Crippen LogP contribution in [0.15, 0.2) is 53.0 Å². The maximum absolute atomic E-state index is 10.3. The zero-order chi connectivity index (χ0) is 15.2. The van der Waals surface area contributed by atoms with E-state index in [-0.39, 0.29) is 0 Å². The first-order valence-electron chi connectivity index (χ1n) is 6.99. The van der Waals surface area contributed by atoms with E-state index in [1.807, 2.05) is 49.5 Å². The van der Waals surface area contributed by atoms with Crippen molar-refractivity contribution in [1.29, 1.82) is 0 Å². The monoisotopic (exact) mass is 348 g/mol. The van der Waals surface area contributed by atoms with Crippen molar-refractivity contribution in [2.75, 3.05) is 13.6 Å². The van der Waals surface area contributed by atoms with Crippen molar-refractivity contribution < 1.29 is 5.11 Å². The van der Waals surface area contributed by atoms with Crippen LogP contribution >= 0.6 is 15.9 Å². The molecular formula is C17H21BrN2O. The SMILES string of the molecule is CN(Cc1ccccc1Br)CC(O)c1ccc(CN)cc1. The Morgan fingerprint density at radius 1 is 1.14 bits per heavy atom. The number of halogens is 1. The van der Waals surface area contributed by atoms with Crippen LogP contribution in [0, 0.1) is 0 Å². The molecule has 0 fully saturated rings. The van der Waals surface area contributed by atoms with Crippen molar-refractivity contribution in [2.24, 2.45) is 5.73 Å². The fourth-order valence-electron chi connectivity index (χ4n) is 2.26. The predicted molar refractivity (Wildman–Crippen MR) is 89.8 cm³/mol. The Hall–Kier alpha value is -1.20. The van der Waals surface area contributed by atoms with Gasteiger partial charge < -0.3 is 10.8 Å². The Morgan fingerprint density at radius 3 is 2.43 bits per heavy atom. The molecule has 3 N–H and O–H groups in total. The summed E-state index contributed by atoms with van der Waals surface area (Å²) in [5.41, 5.74) is 8.79. The Balaban J connectivity index is 1.95.